The standard InChI is InChI=1S/C19H27NO6S/c1-5-14(3)20(15-8-9-27(23,24)12-15)18(21)11-26-19(22)16-10-13(2)6-7-17(16)25-4/h6-7,10,14-15H,5,8-9,11-12H2,1-4H3/t14-,15-/m0/s1. The van der Waals surface area contributed by atoms with E-state index in [1.54, 1.807) is 17.0 Å². The second-order valence-corrected chi connectivity index (χ2v) is 9.12. The summed E-state index contributed by atoms with van der Waals surface area (Å²) in [6, 6.07) is 4.61. The average Bonchev–Trinajstić information content (AvgIpc) is 2.98. The Labute approximate surface area is 160 Å². The van der Waals surface area contributed by atoms with Gasteiger partial charge in [-0.25, -0.2) is 13.2 Å². The Kier molecular flexibility index (Phi) is 6.86. The second-order valence-electron chi connectivity index (χ2n) is 6.90. The second kappa shape index (κ2) is 8.73. The minimum Gasteiger partial charge on any atom is -0.496 e. The van der Waals surface area contributed by atoms with Crippen LogP contribution in [-0.4, -0.2) is 62.5 Å². The maximum absolute atomic E-state index is 12.7. The molecule has 0 aliphatic carbocycles. The van der Waals surface area contributed by atoms with Gasteiger partial charge in [-0.2, -0.15) is 0 Å². The summed E-state index contributed by atoms with van der Waals surface area (Å²) >= 11 is 0. The Balaban J connectivity index is 2.09. The molecule has 0 N–H and O–H groups in total. The van der Waals surface area contributed by atoms with Crippen LogP contribution in [0.15, 0.2) is 18.2 Å². The molecule has 0 spiro atoms. The molecule has 150 valence electrons. The van der Waals surface area contributed by atoms with Gasteiger partial charge in [-0.05, 0) is 38.8 Å². The number of ether oxygens (including phenoxy) is 2. The number of nitrogens with zero attached hydrogens (tertiary/aromatic N) is 1. The zero-order chi connectivity index (χ0) is 20.2. The van der Waals surface area contributed by atoms with Crippen molar-refractivity contribution in [1.82, 2.24) is 4.90 Å². The Hall–Kier alpha value is -2.09. The summed E-state index contributed by atoms with van der Waals surface area (Å²) < 4.78 is 34.0. The van der Waals surface area contributed by atoms with E-state index < -0.39 is 22.4 Å². The maximum atomic E-state index is 12.7. The topological polar surface area (TPSA) is 90.0 Å². The number of methoxy groups -OCH3 is 1. The maximum Gasteiger partial charge on any atom is 0.342 e. The minimum absolute atomic E-state index is 0.0390. The summed E-state index contributed by atoms with van der Waals surface area (Å²) in [4.78, 5) is 26.7. The summed E-state index contributed by atoms with van der Waals surface area (Å²) in [7, 11) is -1.67. The van der Waals surface area contributed by atoms with Crippen LogP contribution in [0.3, 0.4) is 0 Å². The van der Waals surface area contributed by atoms with Crippen molar-refractivity contribution in [2.75, 3.05) is 25.2 Å². The third kappa shape index (κ3) is 5.22. The lowest BCUT2D eigenvalue weighted by atomic mass is 10.1. The minimum atomic E-state index is -3.12. The van der Waals surface area contributed by atoms with Gasteiger partial charge in [0.2, 0.25) is 0 Å². The van der Waals surface area contributed by atoms with E-state index in [2.05, 4.69) is 0 Å². The number of amides is 1. The van der Waals surface area contributed by atoms with Crippen LogP contribution in [0.25, 0.3) is 0 Å². The van der Waals surface area contributed by atoms with Crippen LogP contribution in [0, 0.1) is 6.92 Å². The van der Waals surface area contributed by atoms with Crippen molar-refractivity contribution in [2.24, 2.45) is 0 Å². The first kappa shape index (κ1) is 21.2. The van der Waals surface area contributed by atoms with Crippen LogP contribution in [0.4, 0.5) is 0 Å². The van der Waals surface area contributed by atoms with Gasteiger partial charge in [-0.1, -0.05) is 18.6 Å². The summed E-state index contributed by atoms with van der Waals surface area (Å²) in [5.41, 5.74) is 1.12. The molecule has 1 aliphatic heterocycles. The average molecular weight is 397 g/mol. The summed E-state index contributed by atoms with van der Waals surface area (Å²) in [6.45, 7) is 5.20. The van der Waals surface area contributed by atoms with E-state index in [-0.39, 0.29) is 35.1 Å². The Morgan fingerprint density at radius 2 is 2.04 bits per heavy atom. The molecule has 2 rings (SSSR count). The zero-order valence-electron chi connectivity index (χ0n) is 16.2. The van der Waals surface area contributed by atoms with Crippen molar-refractivity contribution >= 4 is 21.7 Å². The van der Waals surface area contributed by atoms with E-state index >= 15 is 0 Å². The van der Waals surface area contributed by atoms with Gasteiger partial charge in [0.1, 0.15) is 11.3 Å². The molecule has 1 aromatic carbocycles. The molecule has 1 heterocycles. The molecule has 1 fully saturated rings. The number of benzene rings is 1. The van der Waals surface area contributed by atoms with Gasteiger partial charge in [0.25, 0.3) is 5.91 Å². The lowest BCUT2D eigenvalue weighted by Crippen LogP contribution is -2.48. The fourth-order valence-electron chi connectivity index (χ4n) is 3.26. The van der Waals surface area contributed by atoms with Gasteiger partial charge in [0.05, 0.1) is 18.6 Å². The number of sulfone groups is 1. The van der Waals surface area contributed by atoms with Crippen molar-refractivity contribution in [3.8, 4) is 5.75 Å². The predicted octanol–water partition coefficient (Wildman–Crippen LogP) is 1.97. The fourth-order valence-corrected chi connectivity index (χ4v) is 4.97. The molecule has 27 heavy (non-hydrogen) atoms. The summed E-state index contributed by atoms with van der Waals surface area (Å²) in [6.07, 6.45) is 1.10. The zero-order valence-corrected chi connectivity index (χ0v) is 17.0. The highest BCUT2D eigenvalue weighted by Gasteiger charge is 2.36. The molecule has 0 aromatic heterocycles. The van der Waals surface area contributed by atoms with Crippen LogP contribution < -0.4 is 4.74 Å². The molecule has 0 unspecified atom stereocenters. The molecule has 1 saturated heterocycles. The molecule has 1 aromatic rings. The normalized spacial score (nSPS) is 19.3. The van der Waals surface area contributed by atoms with Gasteiger partial charge in [0, 0.05) is 12.1 Å². The highest BCUT2D eigenvalue weighted by molar-refractivity contribution is 7.91. The van der Waals surface area contributed by atoms with E-state index in [1.165, 1.54) is 7.11 Å². The van der Waals surface area contributed by atoms with E-state index in [4.69, 9.17) is 9.47 Å². The third-order valence-corrected chi connectivity index (χ3v) is 6.61. The highest BCUT2D eigenvalue weighted by Crippen LogP contribution is 2.23. The van der Waals surface area contributed by atoms with Gasteiger partial charge in [-0.15, -0.1) is 0 Å². The fraction of sp³-hybridized carbons (Fsp3) is 0.579. The van der Waals surface area contributed by atoms with Crippen molar-refractivity contribution in [2.45, 2.75) is 45.7 Å². The first-order valence-electron chi connectivity index (χ1n) is 9.01. The number of carbonyl (C=O) groups excluding carboxylic acids is 2. The number of hydrogen-bond acceptors (Lipinski definition) is 6. The molecule has 1 amide bonds. The third-order valence-electron chi connectivity index (χ3n) is 4.86. The molecule has 1 aliphatic rings. The molecule has 0 saturated carbocycles. The Morgan fingerprint density at radius 3 is 2.59 bits per heavy atom. The molecular formula is C19H27NO6S. The van der Waals surface area contributed by atoms with Crippen molar-refractivity contribution in [1.29, 1.82) is 0 Å². The van der Waals surface area contributed by atoms with E-state index in [9.17, 15) is 18.0 Å². The molecule has 7 nitrogen and oxygen atoms in total. The number of aryl methyl sites for hydroxylation is 1. The Morgan fingerprint density at radius 1 is 1.33 bits per heavy atom. The van der Waals surface area contributed by atoms with Crippen molar-refractivity contribution in [3.63, 3.8) is 0 Å². The molecule has 2 atom stereocenters. The van der Waals surface area contributed by atoms with Crippen LogP contribution in [0.2, 0.25) is 0 Å². The highest BCUT2D eigenvalue weighted by atomic mass is 32.2. The first-order valence-corrected chi connectivity index (χ1v) is 10.8. The van der Waals surface area contributed by atoms with Crippen molar-refractivity contribution in [3.05, 3.63) is 29.3 Å². The monoisotopic (exact) mass is 397 g/mol. The molecular weight excluding hydrogens is 370 g/mol. The van der Waals surface area contributed by atoms with E-state index in [1.807, 2.05) is 26.8 Å². The van der Waals surface area contributed by atoms with Crippen LogP contribution in [0.1, 0.15) is 42.6 Å². The van der Waals surface area contributed by atoms with Crippen LogP contribution in [0.5, 0.6) is 5.75 Å². The van der Waals surface area contributed by atoms with Gasteiger partial charge in [0.15, 0.2) is 16.4 Å². The summed E-state index contributed by atoms with van der Waals surface area (Å²) in [5, 5.41) is 0. The molecule has 0 radical (unpaired) electrons. The quantitative estimate of drug-likeness (QED) is 0.654. The number of esters is 1. The number of rotatable bonds is 7. The lowest BCUT2D eigenvalue weighted by Gasteiger charge is -2.33. The van der Waals surface area contributed by atoms with E-state index in [0.29, 0.717) is 18.6 Å². The van der Waals surface area contributed by atoms with Gasteiger partial charge < -0.3 is 14.4 Å². The number of hydrogen-bond donors (Lipinski definition) is 0. The van der Waals surface area contributed by atoms with Crippen molar-refractivity contribution < 1.29 is 27.5 Å². The Bertz CT molecular complexity index is 804. The van der Waals surface area contributed by atoms with Gasteiger partial charge in [-0.3, -0.25) is 4.79 Å². The summed E-state index contributed by atoms with van der Waals surface area (Å²) in [5.74, 6) is -0.613. The smallest absolute Gasteiger partial charge is 0.342 e. The number of carbonyl (C=O) groups is 2. The largest absolute Gasteiger partial charge is 0.496 e. The van der Waals surface area contributed by atoms with E-state index in [0.717, 1.165) is 5.56 Å². The molecule has 8 heteroatoms. The SMILES string of the molecule is CC[C@H](C)N(C(=O)COC(=O)c1cc(C)ccc1OC)[C@H]1CCS(=O)(=O)C1. The predicted molar refractivity (Wildman–Crippen MR) is 102 cm³/mol. The van der Waals surface area contributed by atoms with Crippen LogP contribution in [-0.2, 0) is 19.4 Å². The lowest BCUT2D eigenvalue weighted by molar-refractivity contribution is -0.138. The first-order chi connectivity index (χ1) is 12.7. The van der Waals surface area contributed by atoms with Gasteiger partial charge >= 0.3 is 5.97 Å². The molecule has 0 bridgehead atoms. The van der Waals surface area contributed by atoms with Crippen LogP contribution >= 0.6 is 0 Å².